The average molecular weight is 232 g/mol. The SMILES string of the molecule is CC(=O)O[C@H]1C=C[C@H](c2ccccc2)O[C@H]1C. The normalized spacial score (nSPS) is 27.8. The second-order valence-corrected chi connectivity index (χ2v) is 4.13. The van der Waals surface area contributed by atoms with Crippen LogP contribution in [-0.2, 0) is 14.3 Å². The number of carbonyl (C=O) groups excluding carboxylic acids is 1. The van der Waals surface area contributed by atoms with Crippen molar-refractivity contribution in [3.8, 4) is 0 Å². The van der Waals surface area contributed by atoms with Crippen molar-refractivity contribution in [3.63, 3.8) is 0 Å². The summed E-state index contributed by atoms with van der Waals surface area (Å²) in [4.78, 5) is 10.9. The molecule has 0 saturated heterocycles. The molecular formula is C14H16O3. The third kappa shape index (κ3) is 2.94. The van der Waals surface area contributed by atoms with E-state index in [-0.39, 0.29) is 24.3 Å². The summed E-state index contributed by atoms with van der Waals surface area (Å²) in [5.74, 6) is -0.284. The first-order valence-electron chi connectivity index (χ1n) is 5.73. The minimum atomic E-state index is -0.285. The fourth-order valence-corrected chi connectivity index (χ4v) is 1.88. The maximum atomic E-state index is 10.9. The van der Waals surface area contributed by atoms with Crippen LogP contribution in [0.2, 0.25) is 0 Å². The number of carbonyl (C=O) groups is 1. The molecule has 0 amide bonds. The zero-order valence-corrected chi connectivity index (χ0v) is 10.00. The minimum Gasteiger partial charge on any atom is -0.456 e. The van der Waals surface area contributed by atoms with E-state index in [2.05, 4.69) is 0 Å². The Morgan fingerprint density at radius 1 is 1.24 bits per heavy atom. The largest absolute Gasteiger partial charge is 0.456 e. The molecule has 0 spiro atoms. The summed E-state index contributed by atoms with van der Waals surface area (Å²) in [5, 5.41) is 0. The molecule has 1 aliphatic heterocycles. The van der Waals surface area contributed by atoms with Gasteiger partial charge < -0.3 is 9.47 Å². The molecule has 0 fully saturated rings. The molecule has 0 radical (unpaired) electrons. The van der Waals surface area contributed by atoms with Gasteiger partial charge in [-0.05, 0) is 18.6 Å². The van der Waals surface area contributed by atoms with Crippen LogP contribution < -0.4 is 0 Å². The molecule has 3 nitrogen and oxygen atoms in total. The van der Waals surface area contributed by atoms with Gasteiger partial charge in [-0.3, -0.25) is 4.79 Å². The number of hydrogen-bond donors (Lipinski definition) is 0. The molecule has 1 heterocycles. The van der Waals surface area contributed by atoms with Gasteiger partial charge in [0.15, 0.2) is 0 Å². The van der Waals surface area contributed by atoms with Crippen molar-refractivity contribution < 1.29 is 14.3 Å². The molecule has 0 aliphatic carbocycles. The van der Waals surface area contributed by atoms with E-state index in [0.29, 0.717) is 0 Å². The lowest BCUT2D eigenvalue weighted by Crippen LogP contribution is -2.33. The number of benzene rings is 1. The van der Waals surface area contributed by atoms with Crippen molar-refractivity contribution in [1.29, 1.82) is 0 Å². The molecule has 0 saturated carbocycles. The summed E-state index contributed by atoms with van der Waals surface area (Å²) < 4.78 is 11.0. The Bertz CT molecular complexity index is 411. The van der Waals surface area contributed by atoms with Crippen LogP contribution in [-0.4, -0.2) is 18.2 Å². The first-order chi connectivity index (χ1) is 8.16. The van der Waals surface area contributed by atoms with Crippen LogP contribution in [0, 0.1) is 0 Å². The van der Waals surface area contributed by atoms with E-state index in [1.165, 1.54) is 6.92 Å². The number of ether oxygens (including phenoxy) is 2. The summed E-state index contributed by atoms with van der Waals surface area (Å²) in [7, 11) is 0. The molecule has 3 heteroatoms. The van der Waals surface area contributed by atoms with Gasteiger partial charge in [-0.25, -0.2) is 0 Å². The molecular weight excluding hydrogens is 216 g/mol. The van der Waals surface area contributed by atoms with Crippen molar-refractivity contribution in [2.24, 2.45) is 0 Å². The van der Waals surface area contributed by atoms with Crippen molar-refractivity contribution in [3.05, 3.63) is 48.0 Å². The Morgan fingerprint density at radius 3 is 2.53 bits per heavy atom. The zero-order valence-electron chi connectivity index (χ0n) is 10.00. The molecule has 2 rings (SSSR count). The number of rotatable bonds is 2. The van der Waals surface area contributed by atoms with Gasteiger partial charge in [-0.15, -0.1) is 0 Å². The van der Waals surface area contributed by atoms with Gasteiger partial charge in [-0.1, -0.05) is 36.4 Å². The monoisotopic (exact) mass is 232 g/mol. The highest BCUT2D eigenvalue weighted by atomic mass is 16.6. The minimum absolute atomic E-state index is 0.0574. The van der Waals surface area contributed by atoms with Gasteiger partial charge in [0.1, 0.15) is 12.2 Å². The summed E-state index contributed by atoms with van der Waals surface area (Å²) >= 11 is 0. The molecule has 90 valence electrons. The van der Waals surface area contributed by atoms with Gasteiger partial charge in [0.25, 0.3) is 0 Å². The smallest absolute Gasteiger partial charge is 0.303 e. The van der Waals surface area contributed by atoms with Crippen LogP contribution in [0.3, 0.4) is 0 Å². The lowest BCUT2D eigenvalue weighted by atomic mass is 10.0. The van der Waals surface area contributed by atoms with E-state index in [0.717, 1.165) is 5.56 Å². The van der Waals surface area contributed by atoms with Crippen LogP contribution in [0.15, 0.2) is 42.5 Å². The van der Waals surface area contributed by atoms with E-state index in [1.807, 2.05) is 49.4 Å². The fraction of sp³-hybridized carbons (Fsp3) is 0.357. The standard InChI is InChI=1S/C14H16O3/c1-10-13(17-11(2)15)8-9-14(16-10)12-6-4-3-5-7-12/h3-10,13-14H,1-2H3/t10-,13-,14+/m0/s1. The van der Waals surface area contributed by atoms with Gasteiger partial charge in [0.05, 0.1) is 6.10 Å². The maximum Gasteiger partial charge on any atom is 0.303 e. The molecule has 1 aromatic carbocycles. The molecule has 17 heavy (non-hydrogen) atoms. The van der Waals surface area contributed by atoms with Crippen LogP contribution in [0.1, 0.15) is 25.5 Å². The molecule has 0 aromatic heterocycles. The highest BCUT2D eigenvalue weighted by molar-refractivity contribution is 5.66. The summed E-state index contributed by atoms with van der Waals surface area (Å²) in [6.07, 6.45) is 3.36. The molecule has 0 N–H and O–H groups in total. The molecule has 3 atom stereocenters. The van der Waals surface area contributed by atoms with Gasteiger partial charge in [0, 0.05) is 6.92 Å². The second kappa shape index (κ2) is 5.15. The van der Waals surface area contributed by atoms with Crippen LogP contribution in [0.4, 0.5) is 0 Å². The number of esters is 1. The molecule has 0 bridgehead atoms. The Balaban J connectivity index is 2.09. The lowest BCUT2D eigenvalue weighted by Gasteiger charge is -2.29. The Labute approximate surface area is 101 Å². The quantitative estimate of drug-likeness (QED) is 0.581. The first-order valence-corrected chi connectivity index (χ1v) is 5.73. The van der Waals surface area contributed by atoms with E-state index in [4.69, 9.17) is 9.47 Å². The number of hydrogen-bond acceptors (Lipinski definition) is 3. The predicted octanol–water partition coefficient (Wildman–Crippen LogP) is 2.63. The Hall–Kier alpha value is -1.61. The molecule has 1 aromatic rings. The third-order valence-corrected chi connectivity index (χ3v) is 2.73. The van der Waals surface area contributed by atoms with Crippen molar-refractivity contribution in [2.75, 3.05) is 0 Å². The van der Waals surface area contributed by atoms with Crippen molar-refractivity contribution >= 4 is 5.97 Å². The van der Waals surface area contributed by atoms with E-state index in [9.17, 15) is 4.79 Å². The fourth-order valence-electron chi connectivity index (χ4n) is 1.88. The Morgan fingerprint density at radius 2 is 1.94 bits per heavy atom. The predicted molar refractivity (Wildman–Crippen MR) is 64.4 cm³/mol. The maximum absolute atomic E-state index is 10.9. The molecule has 1 aliphatic rings. The summed E-state index contributed by atoms with van der Waals surface area (Å²) in [5.41, 5.74) is 1.11. The van der Waals surface area contributed by atoms with Crippen LogP contribution in [0.25, 0.3) is 0 Å². The topological polar surface area (TPSA) is 35.5 Å². The van der Waals surface area contributed by atoms with Gasteiger partial charge in [-0.2, -0.15) is 0 Å². The van der Waals surface area contributed by atoms with Crippen molar-refractivity contribution in [1.82, 2.24) is 0 Å². The van der Waals surface area contributed by atoms with Gasteiger partial charge >= 0.3 is 5.97 Å². The van der Waals surface area contributed by atoms with E-state index in [1.54, 1.807) is 0 Å². The van der Waals surface area contributed by atoms with Crippen molar-refractivity contribution in [2.45, 2.75) is 32.2 Å². The highest BCUT2D eigenvalue weighted by Gasteiger charge is 2.26. The summed E-state index contributed by atoms with van der Waals surface area (Å²) in [6.45, 7) is 3.32. The molecule has 0 unspecified atom stereocenters. The van der Waals surface area contributed by atoms with Crippen LogP contribution >= 0.6 is 0 Å². The zero-order chi connectivity index (χ0) is 12.3. The Kier molecular flexibility index (Phi) is 3.59. The lowest BCUT2D eigenvalue weighted by molar-refractivity contribution is -0.153. The second-order valence-electron chi connectivity index (χ2n) is 4.13. The first kappa shape index (κ1) is 11.9. The average Bonchev–Trinajstić information content (AvgIpc) is 2.32. The van der Waals surface area contributed by atoms with Gasteiger partial charge in [0.2, 0.25) is 0 Å². The van der Waals surface area contributed by atoms with Crippen LogP contribution in [0.5, 0.6) is 0 Å². The van der Waals surface area contributed by atoms with E-state index < -0.39 is 0 Å². The third-order valence-electron chi connectivity index (χ3n) is 2.73. The highest BCUT2D eigenvalue weighted by Crippen LogP contribution is 2.27. The van der Waals surface area contributed by atoms with E-state index >= 15 is 0 Å². The summed E-state index contributed by atoms with van der Waals surface area (Å²) in [6, 6.07) is 9.98.